The minimum absolute atomic E-state index is 0.0421. The zero-order valence-electron chi connectivity index (χ0n) is 11.8. The van der Waals surface area contributed by atoms with Crippen LogP contribution in [-0.2, 0) is 6.54 Å². The van der Waals surface area contributed by atoms with Crippen LogP contribution in [0.15, 0.2) is 24.3 Å². The summed E-state index contributed by atoms with van der Waals surface area (Å²) in [7, 11) is 0. The molecule has 0 saturated heterocycles. The molecule has 0 atom stereocenters. The van der Waals surface area contributed by atoms with Crippen LogP contribution in [0.2, 0.25) is 0 Å². The third-order valence-electron chi connectivity index (χ3n) is 2.92. The summed E-state index contributed by atoms with van der Waals surface area (Å²) in [5.41, 5.74) is 0.468. The van der Waals surface area contributed by atoms with Crippen molar-refractivity contribution in [1.82, 2.24) is 15.0 Å². The molecule has 0 spiro atoms. The van der Waals surface area contributed by atoms with E-state index < -0.39 is 11.8 Å². The fourth-order valence-electron chi connectivity index (χ4n) is 2.01. The SMILES string of the molecule is CC(C)c1c(C(=O)O)nnn1CCOc1ccccc1F. The number of carboxylic acids is 1. The highest BCUT2D eigenvalue weighted by atomic mass is 19.1. The Balaban J connectivity index is 2.07. The fourth-order valence-corrected chi connectivity index (χ4v) is 2.01. The number of hydrogen-bond acceptors (Lipinski definition) is 4. The van der Waals surface area contributed by atoms with Gasteiger partial charge in [-0.3, -0.25) is 0 Å². The molecule has 112 valence electrons. The van der Waals surface area contributed by atoms with Crippen LogP contribution in [0.1, 0.15) is 35.9 Å². The molecule has 0 fully saturated rings. The minimum atomic E-state index is -1.11. The van der Waals surface area contributed by atoms with E-state index in [1.54, 1.807) is 12.1 Å². The molecule has 21 heavy (non-hydrogen) atoms. The molecule has 0 aliphatic rings. The zero-order chi connectivity index (χ0) is 15.4. The molecular weight excluding hydrogens is 277 g/mol. The summed E-state index contributed by atoms with van der Waals surface area (Å²) in [5.74, 6) is -1.44. The predicted octanol–water partition coefficient (Wildman–Crippen LogP) is 2.32. The molecule has 1 aromatic carbocycles. The number of ether oxygens (including phenoxy) is 1. The van der Waals surface area contributed by atoms with Gasteiger partial charge in [0.05, 0.1) is 12.2 Å². The number of aromatic carboxylic acids is 1. The van der Waals surface area contributed by atoms with E-state index in [1.165, 1.54) is 16.8 Å². The van der Waals surface area contributed by atoms with Crippen LogP contribution in [0.25, 0.3) is 0 Å². The molecule has 6 nitrogen and oxygen atoms in total. The highest BCUT2D eigenvalue weighted by molar-refractivity contribution is 5.86. The molecule has 1 heterocycles. The third kappa shape index (κ3) is 3.36. The molecule has 2 aromatic rings. The van der Waals surface area contributed by atoms with Gasteiger partial charge in [-0.15, -0.1) is 5.10 Å². The van der Waals surface area contributed by atoms with E-state index in [9.17, 15) is 9.18 Å². The number of hydrogen-bond donors (Lipinski definition) is 1. The third-order valence-corrected chi connectivity index (χ3v) is 2.92. The Morgan fingerprint density at radius 2 is 2.14 bits per heavy atom. The van der Waals surface area contributed by atoms with Gasteiger partial charge in [0.25, 0.3) is 0 Å². The number of halogens is 1. The number of benzene rings is 1. The molecule has 0 bridgehead atoms. The Labute approximate surface area is 121 Å². The summed E-state index contributed by atoms with van der Waals surface area (Å²) in [4.78, 5) is 11.1. The van der Waals surface area contributed by atoms with E-state index in [1.807, 2.05) is 13.8 Å². The van der Waals surface area contributed by atoms with Gasteiger partial charge in [-0.05, 0) is 18.1 Å². The first-order valence-electron chi connectivity index (χ1n) is 6.54. The second kappa shape index (κ2) is 6.34. The lowest BCUT2D eigenvalue weighted by Gasteiger charge is -2.11. The molecule has 1 aromatic heterocycles. The van der Waals surface area contributed by atoms with Gasteiger partial charge in [0.15, 0.2) is 17.3 Å². The summed E-state index contributed by atoms with van der Waals surface area (Å²) < 4.78 is 20.2. The maximum Gasteiger partial charge on any atom is 0.358 e. The fraction of sp³-hybridized carbons (Fsp3) is 0.357. The topological polar surface area (TPSA) is 77.2 Å². The smallest absolute Gasteiger partial charge is 0.358 e. The summed E-state index contributed by atoms with van der Waals surface area (Å²) >= 11 is 0. The Kier molecular flexibility index (Phi) is 4.52. The van der Waals surface area contributed by atoms with Crippen LogP contribution in [0, 0.1) is 5.82 Å². The van der Waals surface area contributed by atoms with Crippen molar-refractivity contribution in [3.8, 4) is 5.75 Å². The molecule has 7 heteroatoms. The van der Waals surface area contributed by atoms with Crippen molar-refractivity contribution in [2.45, 2.75) is 26.3 Å². The summed E-state index contributed by atoms with van der Waals surface area (Å²) in [6.07, 6.45) is 0. The second-order valence-electron chi connectivity index (χ2n) is 4.79. The van der Waals surface area contributed by atoms with Crippen molar-refractivity contribution in [2.24, 2.45) is 0 Å². The molecule has 0 amide bonds. The van der Waals surface area contributed by atoms with Crippen LogP contribution in [-0.4, -0.2) is 32.7 Å². The lowest BCUT2D eigenvalue weighted by molar-refractivity contribution is 0.0688. The maximum absolute atomic E-state index is 13.4. The van der Waals surface area contributed by atoms with Crippen molar-refractivity contribution in [3.05, 3.63) is 41.5 Å². The number of nitrogens with zero attached hydrogens (tertiary/aromatic N) is 3. The molecule has 2 rings (SSSR count). The molecule has 0 radical (unpaired) electrons. The van der Waals surface area contributed by atoms with Gasteiger partial charge in [0.2, 0.25) is 0 Å². The van der Waals surface area contributed by atoms with Crippen LogP contribution >= 0.6 is 0 Å². The number of carbonyl (C=O) groups is 1. The average molecular weight is 293 g/mol. The second-order valence-corrected chi connectivity index (χ2v) is 4.79. The molecule has 0 aliphatic heterocycles. The highest BCUT2D eigenvalue weighted by Gasteiger charge is 2.21. The van der Waals surface area contributed by atoms with Gasteiger partial charge in [-0.25, -0.2) is 13.9 Å². The van der Waals surface area contributed by atoms with Gasteiger partial charge in [-0.2, -0.15) is 0 Å². The summed E-state index contributed by atoms with van der Waals surface area (Å²) in [6.45, 7) is 4.18. The quantitative estimate of drug-likeness (QED) is 0.884. The van der Waals surface area contributed by atoms with Gasteiger partial charge in [0.1, 0.15) is 6.61 Å². The van der Waals surface area contributed by atoms with Crippen LogP contribution < -0.4 is 4.74 Å². The Morgan fingerprint density at radius 1 is 1.43 bits per heavy atom. The van der Waals surface area contributed by atoms with Gasteiger partial charge < -0.3 is 9.84 Å². The largest absolute Gasteiger partial charge is 0.489 e. The summed E-state index contributed by atoms with van der Waals surface area (Å²) in [5, 5.41) is 16.6. The van der Waals surface area contributed by atoms with E-state index in [-0.39, 0.29) is 24.0 Å². The molecular formula is C14H16FN3O3. The Morgan fingerprint density at radius 3 is 2.76 bits per heavy atom. The standard InChI is InChI=1S/C14H16FN3O3/c1-9(2)13-12(14(19)20)16-17-18(13)7-8-21-11-6-4-3-5-10(11)15/h3-6,9H,7-8H2,1-2H3,(H,19,20). The van der Waals surface area contributed by atoms with Crippen molar-refractivity contribution < 1.29 is 19.0 Å². The lowest BCUT2D eigenvalue weighted by Crippen LogP contribution is -2.15. The van der Waals surface area contributed by atoms with E-state index in [4.69, 9.17) is 9.84 Å². The van der Waals surface area contributed by atoms with E-state index in [2.05, 4.69) is 10.3 Å². The van der Waals surface area contributed by atoms with E-state index >= 15 is 0 Å². The molecule has 0 unspecified atom stereocenters. The predicted molar refractivity (Wildman–Crippen MR) is 73.0 cm³/mol. The number of aromatic nitrogens is 3. The number of carboxylic acid groups (broad SMARTS) is 1. The van der Waals surface area contributed by atoms with Crippen LogP contribution in [0.5, 0.6) is 5.75 Å². The highest BCUT2D eigenvalue weighted by Crippen LogP contribution is 2.18. The average Bonchev–Trinajstić information content (AvgIpc) is 2.85. The van der Waals surface area contributed by atoms with Crippen molar-refractivity contribution in [3.63, 3.8) is 0 Å². The lowest BCUT2D eigenvalue weighted by atomic mass is 10.1. The Bertz CT molecular complexity index is 640. The maximum atomic E-state index is 13.4. The molecule has 0 saturated carbocycles. The monoisotopic (exact) mass is 293 g/mol. The van der Waals surface area contributed by atoms with Crippen molar-refractivity contribution >= 4 is 5.97 Å². The van der Waals surface area contributed by atoms with Crippen LogP contribution in [0.4, 0.5) is 4.39 Å². The normalized spacial score (nSPS) is 10.9. The first-order valence-corrected chi connectivity index (χ1v) is 6.54. The first kappa shape index (κ1) is 15.0. The van der Waals surface area contributed by atoms with E-state index in [0.29, 0.717) is 12.2 Å². The van der Waals surface area contributed by atoms with Crippen LogP contribution in [0.3, 0.4) is 0 Å². The van der Waals surface area contributed by atoms with Gasteiger partial charge in [0, 0.05) is 0 Å². The van der Waals surface area contributed by atoms with Crippen molar-refractivity contribution in [1.29, 1.82) is 0 Å². The summed E-state index contributed by atoms with van der Waals surface area (Å²) in [6, 6.07) is 6.10. The molecule has 0 aliphatic carbocycles. The van der Waals surface area contributed by atoms with Gasteiger partial charge in [-0.1, -0.05) is 31.2 Å². The number of rotatable bonds is 6. The Hall–Kier alpha value is -2.44. The van der Waals surface area contributed by atoms with E-state index in [0.717, 1.165) is 0 Å². The first-order chi connectivity index (χ1) is 10.0. The van der Waals surface area contributed by atoms with Crippen molar-refractivity contribution in [2.75, 3.05) is 6.61 Å². The minimum Gasteiger partial charge on any atom is -0.489 e. The zero-order valence-corrected chi connectivity index (χ0v) is 11.8. The number of para-hydroxylation sites is 1. The molecule has 1 N–H and O–H groups in total. The van der Waals surface area contributed by atoms with Gasteiger partial charge >= 0.3 is 5.97 Å².